The third-order valence-corrected chi connectivity index (χ3v) is 5.52. The second kappa shape index (κ2) is 12.2. The molecular weight excluding hydrogens is 376 g/mol. The van der Waals surface area contributed by atoms with Gasteiger partial charge in [-0.3, -0.25) is 4.79 Å². The summed E-state index contributed by atoms with van der Waals surface area (Å²) in [5.74, 6) is -0.330. The normalized spacial score (nSPS) is 35.1. The second-order valence-corrected chi connectivity index (χ2v) is 8.48. The molecule has 0 amide bonds. The van der Waals surface area contributed by atoms with Gasteiger partial charge in [-0.25, -0.2) is 0 Å². The van der Waals surface area contributed by atoms with Crippen LogP contribution in [0.25, 0.3) is 0 Å². The highest BCUT2D eigenvalue weighted by Crippen LogP contribution is 2.31. The van der Waals surface area contributed by atoms with Gasteiger partial charge in [0.1, 0.15) is 6.10 Å². The molecule has 0 spiro atoms. The van der Waals surface area contributed by atoms with Crippen molar-refractivity contribution in [1.82, 2.24) is 0 Å². The maximum atomic E-state index is 11.0. The van der Waals surface area contributed by atoms with E-state index >= 15 is 0 Å². The van der Waals surface area contributed by atoms with Crippen LogP contribution in [-0.4, -0.2) is 60.3 Å². The summed E-state index contributed by atoms with van der Waals surface area (Å²) in [6.45, 7) is 9.35. The molecule has 2 heterocycles. The van der Waals surface area contributed by atoms with Crippen molar-refractivity contribution in [2.45, 2.75) is 135 Å². The molecule has 7 nitrogen and oxygen atoms in total. The predicted octanol–water partition coefficient (Wildman–Crippen LogP) is 3.70. The van der Waals surface area contributed by atoms with E-state index in [-0.39, 0.29) is 49.1 Å². The van der Waals surface area contributed by atoms with Crippen molar-refractivity contribution in [3.8, 4) is 0 Å². The average molecular weight is 417 g/mol. The topological polar surface area (TPSA) is 83.5 Å². The fourth-order valence-corrected chi connectivity index (χ4v) is 4.34. The maximum absolute atomic E-state index is 11.0. The Labute approximate surface area is 175 Å². The van der Waals surface area contributed by atoms with E-state index in [0.717, 1.165) is 38.5 Å². The molecule has 8 atom stereocenters. The highest BCUT2D eigenvalue weighted by Gasteiger charge is 2.35. The summed E-state index contributed by atoms with van der Waals surface area (Å²) in [6.07, 6.45) is 5.22. The lowest BCUT2D eigenvalue weighted by Crippen LogP contribution is -2.43. The molecular formula is C22H40O7. The van der Waals surface area contributed by atoms with Crippen LogP contribution in [0.1, 0.15) is 86.0 Å². The highest BCUT2D eigenvalue weighted by atomic mass is 16.7. The van der Waals surface area contributed by atoms with Gasteiger partial charge in [0.2, 0.25) is 0 Å². The van der Waals surface area contributed by atoms with Gasteiger partial charge in [-0.1, -0.05) is 20.3 Å². The van der Waals surface area contributed by atoms with Crippen LogP contribution in [-0.2, 0) is 28.5 Å². The molecule has 0 aromatic heterocycles. The number of carbonyl (C=O) groups is 1. The van der Waals surface area contributed by atoms with Gasteiger partial charge in [0.15, 0.2) is 12.6 Å². The quantitative estimate of drug-likeness (QED) is 0.544. The van der Waals surface area contributed by atoms with Crippen LogP contribution >= 0.6 is 0 Å². The Morgan fingerprint density at radius 1 is 1.07 bits per heavy atom. The lowest BCUT2D eigenvalue weighted by Gasteiger charge is -2.40. The Bertz CT molecular complexity index is 486. The smallest absolute Gasteiger partial charge is 0.302 e. The molecule has 170 valence electrons. The van der Waals surface area contributed by atoms with Gasteiger partial charge in [0.25, 0.3) is 0 Å². The molecule has 7 heteroatoms. The maximum Gasteiger partial charge on any atom is 0.302 e. The molecule has 0 aromatic carbocycles. The van der Waals surface area contributed by atoms with Crippen LogP contribution in [0.3, 0.4) is 0 Å². The van der Waals surface area contributed by atoms with Gasteiger partial charge < -0.3 is 28.8 Å². The number of ether oxygens (including phenoxy) is 5. The number of aliphatic hydroxyl groups excluding tert-OH is 1. The highest BCUT2D eigenvalue weighted by molar-refractivity contribution is 5.66. The van der Waals surface area contributed by atoms with Gasteiger partial charge in [-0.15, -0.1) is 0 Å². The Morgan fingerprint density at radius 3 is 2.34 bits per heavy atom. The van der Waals surface area contributed by atoms with E-state index in [4.69, 9.17) is 23.7 Å². The van der Waals surface area contributed by atoms with Crippen LogP contribution in [0, 0.1) is 0 Å². The van der Waals surface area contributed by atoms with E-state index in [2.05, 4.69) is 13.8 Å². The molecule has 8 unspecified atom stereocenters. The summed E-state index contributed by atoms with van der Waals surface area (Å²) >= 11 is 0. The molecule has 0 aromatic rings. The first-order chi connectivity index (χ1) is 13.8. The summed E-state index contributed by atoms with van der Waals surface area (Å²) in [5, 5.41) is 10.4. The summed E-state index contributed by atoms with van der Waals surface area (Å²) in [6, 6.07) is 0. The van der Waals surface area contributed by atoms with Crippen molar-refractivity contribution in [2.24, 2.45) is 0 Å². The monoisotopic (exact) mass is 416 g/mol. The van der Waals surface area contributed by atoms with E-state index < -0.39 is 6.10 Å². The fraction of sp³-hybridized carbons (Fsp3) is 0.955. The molecule has 0 radical (unpaired) electrons. The fourth-order valence-electron chi connectivity index (χ4n) is 4.34. The van der Waals surface area contributed by atoms with Crippen LogP contribution in [0.4, 0.5) is 0 Å². The minimum Gasteiger partial charge on any atom is -0.463 e. The van der Waals surface area contributed by atoms with Gasteiger partial charge in [-0.05, 0) is 33.1 Å². The first-order valence-corrected chi connectivity index (χ1v) is 11.3. The van der Waals surface area contributed by atoms with Crippen LogP contribution in [0.2, 0.25) is 0 Å². The summed E-state index contributed by atoms with van der Waals surface area (Å²) < 4.78 is 29.2. The molecule has 0 aliphatic carbocycles. The van der Waals surface area contributed by atoms with Crippen LogP contribution in [0.15, 0.2) is 0 Å². The lowest BCUT2D eigenvalue weighted by molar-refractivity contribution is -0.271. The largest absolute Gasteiger partial charge is 0.463 e. The van der Waals surface area contributed by atoms with Crippen LogP contribution < -0.4 is 0 Å². The predicted molar refractivity (Wildman–Crippen MR) is 108 cm³/mol. The zero-order valence-corrected chi connectivity index (χ0v) is 18.7. The third kappa shape index (κ3) is 8.89. The number of esters is 1. The number of hydrogen-bond acceptors (Lipinski definition) is 7. The second-order valence-electron chi connectivity index (χ2n) is 8.48. The van der Waals surface area contributed by atoms with E-state index in [0.29, 0.717) is 12.8 Å². The lowest BCUT2D eigenvalue weighted by atomic mass is 9.95. The van der Waals surface area contributed by atoms with E-state index in [1.807, 2.05) is 6.92 Å². The van der Waals surface area contributed by atoms with Gasteiger partial charge in [-0.2, -0.15) is 0 Å². The molecule has 2 saturated heterocycles. The summed E-state index contributed by atoms with van der Waals surface area (Å²) in [4.78, 5) is 11.0. The Morgan fingerprint density at radius 2 is 1.69 bits per heavy atom. The minimum atomic E-state index is -0.585. The molecule has 2 aliphatic heterocycles. The molecule has 2 rings (SSSR count). The zero-order valence-electron chi connectivity index (χ0n) is 18.7. The van der Waals surface area contributed by atoms with E-state index in [1.165, 1.54) is 6.92 Å². The van der Waals surface area contributed by atoms with Crippen molar-refractivity contribution >= 4 is 5.97 Å². The number of hydrogen-bond donors (Lipinski definition) is 1. The number of aliphatic hydroxyl groups is 1. The van der Waals surface area contributed by atoms with Crippen molar-refractivity contribution in [2.75, 3.05) is 0 Å². The molecule has 2 fully saturated rings. The van der Waals surface area contributed by atoms with Crippen molar-refractivity contribution < 1.29 is 33.6 Å². The average Bonchev–Trinajstić information content (AvgIpc) is 2.60. The third-order valence-electron chi connectivity index (χ3n) is 5.52. The molecule has 0 saturated carbocycles. The van der Waals surface area contributed by atoms with Crippen molar-refractivity contribution in [3.05, 3.63) is 0 Å². The van der Waals surface area contributed by atoms with Crippen molar-refractivity contribution in [3.63, 3.8) is 0 Å². The molecule has 1 N–H and O–H groups in total. The van der Waals surface area contributed by atoms with Crippen LogP contribution in [0.5, 0.6) is 0 Å². The molecule has 29 heavy (non-hydrogen) atoms. The van der Waals surface area contributed by atoms with Gasteiger partial charge >= 0.3 is 5.97 Å². The number of rotatable bonds is 10. The van der Waals surface area contributed by atoms with E-state index in [1.54, 1.807) is 6.92 Å². The van der Waals surface area contributed by atoms with Gasteiger partial charge in [0.05, 0.1) is 30.5 Å². The summed E-state index contributed by atoms with van der Waals surface area (Å²) in [7, 11) is 0. The minimum absolute atomic E-state index is 0.0322. The Hall–Kier alpha value is -0.730. The standard InChI is InChI=1S/C22H40O7/c1-6-8-22-28-18(7-2)11-21(29-22)13-20-12-19(26-16(5)27-20)10-17(24)9-14(3)25-15(4)23/h14,16-22,24H,6-13H2,1-5H3. The number of carbonyl (C=O) groups excluding carboxylic acids is 1. The molecule has 2 aliphatic rings. The first kappa shape index (κ1) is 24.5. The molecule has 0 bridgehead atoms. The van der Waals surface area contributed by atoms with Gasteiger partial charge in [0, 0.05) is 32.6 Å². The zero-order chi connectivity index (χ0) is 21.4. The first-order valence-electron chi connectivity index (χ1n) is 11.3. The SMILES string of the molecule is CCCC1OC(CC)CC(CC2CC(CC(O)CC(C)OC(C)=O)OC(C)O2)O1. The van der Waals surface area contributed by atoms with Crippen molar-refractivity contribution in [1.29, 1.82) is 0 Å². The van der Waals surface area contributed by atoms with E-state index in [9.17, 15) is 9.90 Å². The summed E-state index contributed by atoms with van der Waals surface area (Å²) in [5.41, 5.74) is 0. The Balaban J connectivity index is 1.84. The Kier molecular flexibility index (Phi) is 10.3.